The molecule has 0 saturated carbocycles. The molecule has 5 aromatic rings. The van der Waals surface area contributed by atoms with Crippen molar-refractivity contribution in [1.29, 1.82) is 0 Å². The zero-order valence-electron chi connectivity index (χ0n) is 17.1. The number of pyridine rings is 1. The van der Waals surface area contributed by atoms with Gasteiger partial charge in [-0.1, -0.05) is 49.9 Å². The van der Waals surface area contributed by atoms with Crippen LogP contribution >= 0.6 is 0 Å². The average molecular weight is 428 g/mol. The van der Waals surface area contributed by atoms with Crippen molar-refractivity contribution in [2.75, 3.05) is 7.11 Å². The lowest BCUT2D eigenvalue weighted by molar-refractivity contribution is 0.414. The molecule has 32 heavy (non-hydrogen) atoms. The highest BCUT2D eigenvalue weighted by atomic mass is 16.5. The van der Waals surface area contributed by atoms with Crippen LogP contribution in [0.4, 0.5) is 0 Å². The summed E-state index contributed by atoms with van der Waals surface area (Å²) in [6.45, 7) is 0.379. The summed E-state index contributed by atoms with van der Waals surface area (Å²) in [5, 5.41) is 4.92. The molecule has 3 aromatic heterocycles. The number of hydrogen-bond donors (Lipinski definition) is 0. The highest BCUT2D eigenvalue weighted by Gasteiger charge is 2.15. The SMILES string of the molecule is C.COc1ccc(Cn2c(=O)n3ncnc3c3ccc(CCc4ccccc4)nc32)cc1. The summed E-state index contributed by atoms with van der Waals surface area (Å²) < 4.78 is 8.22. The van der Waals surface area contributed by atoms with Crippen molar-refractivity contribution >= 4 is 16.7 Å². The second kappa shape index (κ2) is 9.01. The van der Waals surface area contributed by atoms with Crippen LogP contribution in [0.25, 0.3) is 16.7 Å². The van der Waals surface area contributed by atoms with Crippen LogP contribution in [0.3, 0.4) is 0 Å². The van der Waals surface area contributed by atoms with E-state index in [9.17, 15) is 4.79 Å². The second-order valence-corrected chi connectivity index (χ2v) is 7.37. The predicted octanol–water partition coefficient (Wildman–Crippen LogP) is 3.92. The van der Waals surface area contributed by atoms with E-state index in [1.807, 2.05) is 54.6 Å². The van der Waals surface area contributed by atoms with Gasteiger partial charge in [-0.25, -0.2) is 14.8 Å². The molecule has 7 heteroatoms. The Morgan fingerprint density at radius 3 is 2.41 bits per heavy atom. The van der Waals surface area contributed by atoms with Crippen molar-refractivity contribution in [3.63, 3.8) is 0 Å². The number of nitrogens with zero attached hydrogens (tertiary/aromatic N) is 5. The van der Waals surface area contributed by atoms with Crippen LogP contribution in [0, 0.1) is 0 Å². The van der Waals surface area contributed by atoms with E-state index >= 15 is 0 Å². The lowest BCUT2D eigenvalue weighted by atomic mass is 10.1. The number of ether oxygens (including phenoxy) is 1. The van der Waals surface area contributed by atoms with Crippen LogP contribution in [0.2, 0.25) is 0 Å². The smallest absolute Gasteiger partial charge is 0.352 e. The molecule has 0 spiro atoms. The molecular formula is C25H25N5O2. The molecule has 0 aliphatic carbocycles. The Kier molecular flexibility index (Phi) is 5.98. The maximum atomic E-state index is 13.2. The van der Waals surface area contributed by atoms with Crippen LogP contribution < -0.4 is 10.4 Å². The van der Waals surface area contributed by atoms with Crippen LogP contribution in [-0.4, -0.2) is 31.3 Å². The van der Waals surface area contributed by atoms with E-state index in [0.717, 1.165) is 35.2 Å². The zero-order valence-corrected chi connectivity index (χ0v) is 17.1. The van der Waals surface area contributed by atoms with Crippen molar-refractivity contribution in [1.82, 2.24) is 24.1 Å². The molecule has 0 atom stereocenters. The summed E-state index contributed by atoms with van der Waals surface area (Å²) in [5.41, 5.74) is 4.04. The minimum absolute atomic E-state index is 0. The van der Waals surface area contributed by atoms with Gasteiger partial charge in [0.1, 0.15) is 17.7 Å². The maximum absolute atomic E-state index is 13.2. The third-order valence-electron chi connectivity index (χ3n) is 5.40. The van der Waals surface area contributed by atoms with E-state index in [1.54, 1.807) is 11.7 Å². The first kappa shape index (κ1) is 21.2. The van der Waals surface area contributed by atoms with E-state index < -0.39 is 0 Å². The van der Waals surface area contributed by atoms with Gasteiger partial charge in [0.25, 0.3) is 0 Å². The van der Waals surface area contributed by atoms with Gasteiger partial charge < -0.3 is 4.74 Å². The number of rotatable bonds is 6. The Bertz CT molecular complexity index is 1410. The molecule has 7 nitrogen and oxygen atoms in total. The van der Waals surface area contributed by atoms with Gasteiger partial charge in [-0.2, -0.15) is 9.61 Å². The number of benzene rings is 2. The fourth-order valence-electron chi connectivity index (χ4n) is 3.75. The topological polar surface area (TPSA) is 74.3 Å². The van der Waals surface area contributed by atoms with Gasteiger partial charge in [0.05, 0.1) is 19.0 Å². The van der Waals surface area contributed by atoms with Gasteiger partial charge in [0.15, 0.2) is 5.65 Å². The third-order valence-corrected chi connectivity index (χ3v) is 5.40. The van der Waals surface area contributed by atoms with Crippen molar-refractivity contribution in [3.05, 3.63) is 100 Å². The maximum Gasteiger partial charge on any atom is 0.352 e. The molecule has 162 valence electrons. The van der Waals surface area contributed by atoms with Crippen molar-refractivity contribution in [3.8, 4) is 5.75 Å². The molecule has 5 rings (SSSR count). The molecule has 0 radical (unpaired) electrons. The lowest BCUT2D eigenvalue weighted by Gasteiger charge is -2.12. The van der Waals surface area contributed by atoms with Crippen LogP contribution in [-0.2, 0) is 19.4 Å². The van der Waals surface area contributed by atoms with Gasteiger partial charge in [0, 0.05) is 5.69 Å². The summed E-state index contributed by atoms with van der Waals surface area (Å²) >= 11 is 0. The summed E-state index contributed by atoms with van der Waals surface area (Å²) in [5.74, 6) is 0.772. The Hall–Kier alpha value is -4.00. The van der Waals surface area contributed by atoms with Crippen molar-refractivity contribution in [2.24, 2.45) is 0 Å². The molecule has 0 N–H and O–H groups in total. The van der Waals surface area contributed by atoms with E-state index in [-0.39, 0.29) is 13.1 Å². The van der Waals surface area contributed by atoms with Gasteiger partial charge in [0.2, 0.25) is 0 Å². The summed E-state index contributed by atoms with van der Waals surface area (Å²) in [6.07, 6.45) is 3.07. The third kappa shape index (κ3) is 3.97. The quantitative estimate of drug-likeness (QED) is 0.411. The average Bonchev–Trinajstić information content (AvgIpc) is 3.32. The molecule has 0 amide bonds. The molecule has 0 bridgehead atoms. The summed E-state index contributed by atoms with van der Waals surface area (Å²) in [4.78, 5) is 22.3. The van der Waals surface area contributed by atoms with Crippen molar-refractivity contribution in [2.45, 2.75) is 26.8 Å². The molecule has 0 unspecified atom stereocenters. The molecule has 0 fully saturated rings. The largest absolute Gasteiger partial charge is 0.497 e. The zero-order chi connectivity index (χ0) is 21.2. The van der Waals surface area contributed by atoms with Gasteiger partial charge in [-0.05, 0) is 48.2 Å². The Morgan fingerprint density at radius 1 is 0.875 bits per heavy atom. The van der Waals surface area contributed by atoms with Gasteiger partial charge in [-0.3, -0.25) is 4.57 Å². The van der Waals surface area contributed by atoms with E-state index in [4.69, 9.17) is 9.72 Å². The summed E-state index contributed by atoms with van der Waals surface area (Å²) in [7, 11) is 1.63. The molecule has 0 aliphatic rings. The van der Waals surface area contributed by atoms with E-state index in [0.29, 0.717) is 17.8 Å². The summed E-state index contributed by atoms with van der Waals surface area (Å²) in [6, 6.07) is 22.0. The fourth-order valence-corrected chi connectivity index (χ4v) is 3.75. The second-order valence-electron chi connectivity index (χ2n) is 7.37. The molecular weight excluding hydrogens is 402 g/mol. The van der Waals surface area contributed by atoms with Crippen LogP contribution in [0.1, 0.15) is 24.2 Å². The molecule has 0 aliphatic heterocycles. The molecule has 0 saturated heterocycles. The minimum atomic E-state index is -0.261. The number of aromatic nitrogens is 5. The van der Waals surface area contributed by atoms with Gasteiger partial charge in [-0.15, -0.1) is 0 Å². The first-order chi connectivity index (χ1) is 15.2. The molecule has 2 aromatic carbocycles. The van der Waals surface area contributed by atoms with Crippen LogP contribution in [0.15, 0.2) is 77.9 Å². The van der Waals surface area contributed by atoms with Crippen LogP contribution in [0.5, 0.6) is 5.75 Å². The minimum Gasteiger partial charge on any atom is -0.497 e. The van der Waals surface area contributed by atoms with Crippen molar-refractivity contribution < 1.29 is 4.74 Å². The number of aryl methyl sites for hydroxylation is 2. The Labute approximate surface area is 186 Å². The lowest BCUT2D eigenvalue weighted by Crippen LogP contribution is -2.29. The predicted molar refractivity (Wildman–Crippen MR) is 125 cm³/mol. The standard InChI is InChI=1S/C24H21N5O2.CH4/c1-31-20-12-8-18(9-13-20)15-28-23-21(22-25-16-26-29(22)24(28)30)14-11-19(27-23)10-7-17-5-3-2-4-6-17;/h2-6,8-9,11-14,16H,7,10,15H2,1H3;1H4. The Balaban J connectivity index is 0.00000245. The van der Waals surface area contributed by atoms with Gasteiger partial charge >= 0.3 is 5.69 Å². The number of methoxy groups -OCH3 is 1. The monoisotopic (exact) mass is 427 g/mol. The van der Waals surface area contributed by atoms with E-state index in [2.05, 4.69) is 22.2 Å². The Morgan fingerprint density at radius 2 is 1.66 bits per heavy atom. The number of fused-ring (bicyclic) bond motifs is 3. The number of hydrogen-bond acceptors (Lipinski definition) is 5. The highest BCUT2D eigenvalue weighted by molar-refractivity contribution is 5.88. The first-order valence-electron chi connectivity index (χ1n) is 10.1. The molecule has 3 heterocycles. The normalized spacial score (nSPS) is 10.9. The first-order valence-corrected chi connectivity index (χ1v) is 10.1. The van der Waals surface area contributed by atoms with E-state index in [1.165, 1.54) is 16.4 Å². The highest BCUT2D eigenvalue weighted by Crippen LogP contribution is 2.19. The fraction of sp³-hybridized carbons (Fsp3) is 0.200.